The molecule has 4 N–H and O–H groups in total. The summed E-state index contributed by atoms with van der Waals surface area (Å²) in [6, 6.07) is 12.8. The number of phenolic OH excluding ortho intramolecular Hbond substituents is 2. The number of azo groups is 1. The van der Waals surface area contributed by atoms with E-state index in [0.717, 1.165) is 6.07 Å². The van der Waals surface area contributed by atoms with Gasteiger partial charge in [0.2, 0.25) is 5.75 Å². The Morgan fingerprint density at radius 1 is 1.00 bits per heavy atom. The summed E-state index contributed by atoms with van der Waals surface area (Å²) in [6.45, 7) is 0. The van der Waals surface area contributed by atoms with Crippen molar-refractivity contribution in [2.45, 2.75) is 0 Å². The Bertz CT molecular complexity index is 1730. The number of nitrogens with zero attached hydrogens (tertiary/aromatic N) is 7. The zero-order valence-corrected chi connectivity index (χ0v) is 18.4. The van der Waals surface area contributed by atoms with Gasteiger partial charge < -0.3 is 20.4 Å². The molecule has 0 aliphatic carbocycles. The quantitative estimate of drug-likeness (QED) is 0.162. The molecule has 0 aliphatic heterocycles. The average Bonchev–Trinajstić information content (AvgIpc) is 3.50. The van der Waals surface area contributed by atoms with Gasteiger partial charge >= 0.3 is 5.69 Å². The number of para-hydroxylation sites is 1. The molecule has 0 radical (unpaired) electrons. The Hall–Kier alpha value is -5.86. The van der Waals surface area contributed by atoms with Gasteiger partial charge in [-0.25, -0.2) is 9.50 Å². The first kappa shape index (κ1) is 22.9. The number of rotatable bonds is 6. The van der Waals surface area contributed by atoms with Crippen molar-refractivity contribution in [3.63, 3.8) is 0 Å². The molecule has 0 atom stereocenters. The fourth-order valence-corrected chi connectivity index (χ4v) is 3.56. The Kier molecular flexibility index (Phi) is 5.41. The first-order valence-corrected chi connectivity index (χ1v) is 10.3. The smallest absolute Gasteiger partial charge is 0.319 e. The van der Waals surface area contributed by atoms with Gasteiger partial charge in [0, 0.05) is 11.6 Å². The lowest BCUT2D eigenvalue weighted by molar-refractivity contribution is -0.394. The van der Waals surface area contributed by atoms with Crippen molar-refractivity contribution in [2.75, 3.05) is 5.73 Å². The molecule has 0 amide bonds. The van der Waals surface area contributed by atoms with Gasteiger partial charge in [0.15, 0.2) is 22.9 Å². The molecule has 5 aromatic rings. The molecular weight excluding hydrogens is 488 g/mol. The lowest BCUT2D eigenvalue weighted by Crippen LogP contribution is -1.98. The van der Waals surface area contributed by atoms with Crippen LogP contribution >= 0.6 is 0 Å². The van der Waals surface area contributed by atoms with Crippen LogP contribution in [0.3, 0.4) is 0 Å². The summed E-state index contributed by atoms with van der Waals surface area (Å²) in [5.41, 5.74) is 4.99. The third-order valence-electron chi connectivity index (χ3n) is 5.26. The molecule has 5 rings (SSSR count). The second-order valence-electron chi connectivity index (χ2n) is 7.54. The van der Waals surface area contributed by atoms with E-state index in [1.54, 1.807) is 36.4 Å². The van der Waals surface area contributed by atoms with Crippen molar-refractivity contribution in [3.05, 3.63) is 81.1 Å². The van der Waals surface area contributed by atoms with E-state index in [1.807, 2.05) is 0 Å². The maximum atomic E-state index is 11.2. The molecule has 2 aromatic carbocycles. The molecule has 0 saturated carbocycles. The second-order valence-corrected chi connectivity index (χ2v) is 7.54. The largest absolute Gasteiger partial charge is 0.507 e. The highest BCUT2D eigenvalue weighted by atomic mass is 16.6. The summed E-state index contributed by atoms with van der Waals surface area (Å²) in [4.78, 5) is 25.1. The number of aromatic nitrogens is 3. The number of benzene rings is 2. The first-order chi connectivity index (χ1) is 17.7. The summed E-state index contributed by atoms with van der Waals surface area (Å²) < 4.78 is 6.83. The van der Waals surface area contributed by atoms with Gasteiger partial charge in [-0.3, -0.25) is 20.2 Å². The molecule has 15 heteroatoms. The maximum Gasteiger partial charge on any atom is 0.319 e. The van der Waals surface area contributed by atoms with Crippen molar-refractivity contribution in [1.82, 2.24) is 14.6 Å². The highest BCUT2D eigenvalue weighted by Gasteiger charge is 2.25. The Balaban J connectivity index is 1.73. The number of hydrogen-bond donors (Lipinski definition) is 3. The molecule has 184 valence electrons. The number of nitrogens with two attached hydrogens (primary N) is 1. The van der Waals surface area contributed by atoms with Gasteiger partial charge in [0.1, 0.15) is 17.1 Å². The number of nitro benzene ring substituents is 2. The first-order valence-electron chi connectivity index (χ1n) is 10.3. The number of anilines is 1. The number of phenols is 2. The molecule has 37 heavy (non-hydrogen) atoms. The van der Waals surface area contributed by atoms with E-state index in [4.69, 9.17) is 10.2 Å². The van der Waals surface area contributed by atoms with Crippen LogP contribution in [0.5, 0.6) is 11.5 Å². The predicted octanol–water partition coefficient (Wildman–Crippen LogP) is 4.88. The van der Waals surface area contributed by atoms with Crippen molar-refractivity contribution in [1.29, 1.82) is 0 Å². The zero-order valence-electron chi connectivity index (χ0n) is 18.4. The third-order valence-corrected chi connectivity index (χ3v) is 5.26. The Labute approximate surface area is 205 Å². The minimum atomic E-state index is -0.985. The van der Waals surface area contributed by atoms with E-state index < -0.39 is 32.7 Å². The van der Waals surface area contributed by atoms with E-state index >= 15 is 0 Å². The number of aromatic hydroxyl groups is 2. The zero-order chi connectivity index (χ0) is 26.3. The number of nitro groups is 2. The van der Waals surface area contributed by atoms with Gasteiger partial charge in [0.25, 0.3) is 5.69 Å². The molecule has 0 unspecified atom stereocenters. The topological polar surface area (TPSA) is 221 Å². The van der Waals surface area contributed by atoms with Crippen LogP contribution in [0, 0.1) is 20.2 Å². The van der Waals surface area contributed by atoms with Gasteiger partial charge in [0.05, 0.1) is 27.9 Å². The van der Waals surface area contributed by atoms with Gasteiger partial charge in [-0.2, -0.15) is 0 Å². The van der Waals surface area contributed by atoms with Crippen LogP contribution in [0.1, 0.15) is 0 Å². The highest BCUT2D eigenvalue weighted by Crippen LogP contribution is 2.42. The minimum Gasteiger partial charge on any atom is -0.507 e. The van der Waals surface area contributed by atoms with Gasteiger partial charge in [-0.1, -0.05) is 12.1 Å². The minimum absolute atomic E-state index is 0.0470. The SMILES string of the molecule is Nc1nn2c(-c3ccco3)cc(-c3ccccc3O)nc2c1N=Nc1cc([N+](=O)[O-])cc([N+](=O)[O-])c1O. The summed E-state index contributed by atoms with van der Waals surface area (Å²) in [7, 11) is 0. The van der Waals surface area contributed by atoms with Crippen LogP contribution in [-0.4, -0.2) is 34.7 Å². The number of non-ortho nitro benzene ring substituents is 1. The molecule has 15 nitrogen and oxygen atoms in total. The number of furan rings is 1. The summed E-state index contributed by atoms with van der Waals surface area (Å²) in [6.07, 6.45) is 1.45. The van der Waals surface area contributed by atoms with Crippen LogP contribution in [0.15, 0.2) is 75.5 Å². The Morgan fingerprint density at radius 2 is 1.78 bits per heavy atom. The van der Waals surface area contributed by atoms with Crippen LogP contribution in [0.2, 0.25) is 0 Å². The van der Waals surface area contributed by atoms with E-state index in [0.29, 0.717) is 28.8 Å². The lowest BCUT2D eigenvalue weighted by atomic mass is 10.1. The molecule has 3 heterocycles. The third kappa shape index (κ3) is 4.01. The van der Waals surface area contributed by atoms with E-state index in [2.05, 4.69) is 20.3 Å². The van der Waals surface area contributed by atoms with E-state index in [1.165, 1.54) is 16.8 Å². The normalized spacial score (nSPS) is 11.4. The van der Waals surface area contributed by atoms with Crippen LogP contribution in [0.4, 0.5) is 28.6 Å². The van der Waals surface area contributed by atoms with E-state index in [-0.39, 0.29) is 22.9 Å². The van der Waals surface area contributed by atoms with Crippen LogP contribution in [0.25, 0.3) is 28.4 Å². The lowest BCUT2D eigenvalue weighted by Gasteiger charge is -2.08. The molecule has 0 saturated heterocycles. The number of nitrogen functional groups attached to an aromatic ring is 1. The molecular formula is C22H14N8O7. The molecule has 0 spiro atoms. The monoisotopic (exact) mass is 502 g/mol. The van der Waals surface area contributed by atoms with Crippen molar-refractivity contribution >= 4 is 34.2 Å². The fourth-order valence-electron chi connectivity index (χ4n) is 3.56. The Morgan fingerprint density at radius 3 is 2.46 bits per heavy atom. The van der Waals surface area contributed by atoms with E-state index in [9.17, 15) is 30.4 Å². The second kappa shape index (κ2) is 8.73. The predicted molar refractivity (Wildman–Crippen MR) is 128 cm³/mol. The number of fused-ring (bicyclic) bond motifs is 1. The van der Waals surface area contributed by atoms with Crippen LogP contribution in [-0.2, 0) is 0 Å². The highest BCUT2D eigenvalue weighted by molar-refractivity contribution is 5.82. The summed E-state index contributed by atoms with van der Waals surface area (Å²) >= 11 is 0. The molecule has 0 bridgehead atoms. The van der Waals surface area contributed by atoms with Gasteiger partial charge in [-0.05, 0) is 30.3 Å². The average molecular weight is 502 g/mol. The molecule has 3 aromatic heterocycles. The van der Waals surface area contributed by atoms with Crippen molar-refractivity contribution in [3.8, 4) is 34.2 Å². The summed E-state index contributed by atoms with van der Waals surface area (Å²) in [5.74, 6) is -0.734. The maximum absolute atomic E-state index is 11.2. The van der Waals surface area contributed by atoms with Crippen molar-refractivity contribution in [2.24, 2.45) is 10.2 Å². The number of hydrogen-bond acceptors (Lipinski definition) is 12. The standard InChI is InChI=1S/C22H14N8O7/c23-21-19(26-25-14-8-11(29(33)34)9-16(20(14)32)30(35)36)22-24-13(12-4-1-2-5-17(12)31)10-15(28(22)27-21)18-6-3-7-37-18/h1-10,31-32H,(H2,23,27). The molecule has 0 aliphatic rings. The van der Waals surface area contributed by atoms with Gasteiger partial charge in [-0.15, -0.1) is 15.3 Å². The molecule has 0 fully saturated rings. The van der Waals surface area contributed by atoms with Crippen molar-refractivity contribution < 1.29 is 24.5 Å². The van der Waals surface area contributed by atoms with Crippen LogP contribution < -0.4 is 5.73 Å². The fraction of sp³-hybridized carbons (Fsp3) is 0. The summed E-state index contributed by atoms with van der Waals surface area (Å²) in [5, 5.41) is 55.0.